The topological polar surface area (TPSA) is 97.5 Å². The Morgan fingerprint density at radius 1 is 1.29 bits per heavy atom. The van der Waals surface area contributed by atoms with Gasteiger partial charge in [-0.2, -0.15) is 0 Å². The number of aromatic hydroxyl groups is 1. The number of carbonyl (C=O) groups is 1. The lowest BCUT2D eigenvalue weighted by atomic mass is 10.3. The molecule has 0 atom stereocenters. The molecule has 1 aromatic carbocycles. The van der Waals surface area contributed by atoms with Crippen LogP contribution in [0.3, 0.4) is 0 Å². The van der Waals surface area contributed by atoms with E-state index in [4.69, 9.17) is 4.74 Å². The largest absolute Gasteiger partial charge is 0.493 e. The molecule has 0 saturated carbocycles. The Balaban J connectivity index is 1.30. The van der Waals surface area contributed by atoms with E-state index in [0.717, 1.165) is 37.9 Å². The van der Waals surface area contributed by atoms with Crippen molar-refractivity contribution in [3.8, 4) is 11.6 Å². The molecule has 8 nitrogen and oxygen atoms in total. The minimum absolute atomic E-state index is 0.0900. The summed E-state index contributed by atoms with van der Waals surface area (Å²) in [6, 6.07) is 7.30. The standard InChI is InChI=1S/C20H28N4O4/c1-15(25)22-16-6-4-7-17(14-16)28-13-10-21-9-2-3-11-24-19(26)18-8-5-12-23(18)20(24)27/h4,6-7,14,21,26H,2-3,5,8-13H2,1H3,(H,22,25). The maximum absolute atomic E-state index is 12.2. The lowest BCUT2D eigenvalue weighted by Crippen LogP contribution is -2.25. The minimum Gasteiger partial charge on any atom is -0.493 e. The van der Waals surface area contributed by atoms with E-state index < -0.39 is 0 Å². The lowest BCUT2D eigenvalue weighted by Gasteiger charge is -2.09. The molecule has 0 spiro atoms. The van der Waals surface area contributed by atoms with Crippen molar-refractivity contribution in [1.82, 2.24) is 14.5 Å². The van der Waals surface area contributed by atoms with Gasteiger partial charge in [-0.1, -0.05) is 6.07 Å². The van der Waals surface area contributed by atoms with Crippen molar-refractivity contribution in [2.75, 3.05) is 25.0 Å². The van der Waals surface area contributed by atoms with E-state index in [1.807, 2.05) is 18.2 Å². The average Bonchev–Trinajstić information content (AvgIpc) is 3.22. The summed E-state index contributed by atoms with van der Waals surface area (Å²) < 4.78 is 8.85. The van der Waals surface area contributed by atoms with Crippen LogP contribution in [0.5, 0.6) is 11.6 Å². The van der Waals surface area contributed by atoms with Gasteiger partial charge in [0, 0.05) is 38.3 Å². The van der Waals surface area contributed by atoms with E-state index in [1.165, 1.54) is 11.5 Å². The molecule has 0 radical (unpaired) electrons. The smallest absolute Gasteiger partial charge is 0.331 e. The molecule has 0 unspecified atom stereocenters. The number of hydrogen-bond acceptors (Lipinski definition) is 5. The number of anilines is 1. The van der Waals surface area contributed by atoms with Gasteiger partial charge in [0.1, 0.15) is 12.4 Å². The Morgan fingerprint density at radius 2 is 2.14 bits per heavy atom. The molecule has 152 valence electrons. The van der Waals surface area contributed by atoms with Crippen LogP contribution >= 0.6 is 0 Å². The van der Waals surface area contributed by atoms with Crippen LogP contribution in [0.25, 0.3) is 0 Å². The van der Waals surface area contributed by atoms with Gasteiger partial charge in [-0.15, -0.1) is 0 Å². The van der Waals surface area contributed by atoms with Crippen LogP contribution in [-0.2, 0) is 24.3 Å². The fraction of sp³-hybridized carbons (Fsp3) is 0.500. The Kier molecular flexibility index (Phi) is 6.76. The van der Waals surface area contributed by atoms with Crippen molar-refractivity contribution in [3.05, 3.63) is 40.4 Å². The summed E-state index contributed by atoms with van der Waals surface area (Å²) in [5, 5.41) is 16.2. The molecular formula is C20H28N4O4. The van der Waals surface area contributed by atoms with Crippen LogP contribution in [0.15, 0.2) is 29.1 Å². The van der Waals surface area contributed by atoms with Crippen molar-refractivity contribution in [3.63, 3.8) is 0 Å². The maximum Gasteiger partial charge on any atom is 0.331 e. The Bertz CT molecular complexity index is 872. The third-order valence-electron chi connectivity index (χ3n) is 4.78. The van der Waals surface area contributed by atoms with Crippen LogP contribution in [0.2, 0.25) is 0 Å². The Hall–Kier alpha value is -2.74. The van der Waals surface area contributed by atoms with E-state index in [0.29, 0.717) is 37.7 Å². The number of imidazole rings is 1. The zero-order valence-corrected chi connectivity index (χ0v) is 16.2. The predicted octanol–water partition coefficient (Wildman–Crippen LogP) is 1.71. The van der Waals surface area contributed by atoms with Gasteiger partial charge in [-0.25, -0.2) is 4.79 Å². The molecule has 3 rings (SSSR count). The number of carbonyl (C=O) groups excluding carboxylic acids is 1. The first-order chi connectivity index (χ1) is 13.6. The monoisotopic (exact) mass is 388 g/mol. The van der Waals surface area contributed by atoms with Crippen molar-refractivity contribution in [2.24, 2.45) is 0 Å². The summed E-state index contributed by atoms with van der Waals surface area (Å²) in [6.07, 6.45) is 3.44. The number of amides is 1. The van der Waals surface area contributed by atoms with Gasteiger partial charge >= 0.3 is 5.69 Å². The first-order valence-corrected chi connectivity index (χ1v) is 9.78. The third-order valence-corrected chi connectivity index (χ3v) is 4.78. The van der Waals surface area contributed by atoms with E-state index in [1.54, 1.807) is 10.6 Å². The number of ether oxygens (including phenoxy) is 1. The molecule has 0 aliphatic carbocycles. The van der Waals surface area contributed by atoms with E-state index in [9.17, 15) is 14.7 Å². The van der Waals surface area contributed by atoms with Gasteiger partial charge in [-0.05, 0) is 44.4 Å². The maximum atomic E-state index is 12.2. The summed E-state index contributed by atoms with van der Waals surface area (Å²) in [5.74, 6) is 0.745. The third kappa shape index (κ3) is 4.95. The number of nitrogens with one attached hydrogen (secondary N) is 2. The molecule has 8 heteroatoms. The number of hydrogen-bond donors (Lipinski definition) is 3. The van der Waals surface area contributed by atoms with Gasteiger partial charge in [0.05, 0.1) is 5.69 Å². The van der Waals surface area contributed by atoms with Crippen molar-refractivity contribution in [2.45, 2.75) is 45.7 Å². The van der Waals surface area contributed by atoms with Crippen LogP contribution < -0.4 is 21.1 Å². The average molecular weight is 388 g/mol. The molecule has 0 fully saturated rings. The fourth-order valence-electron chi connectivity index (χ4n) is 3.46. The lowest BCUT2D eigenvalue weighted by molar-refractivity contribution is -0.114. The highest BCUT2D eigenvalue weighted by Gasteiger charge is 2.22. The van der Waals surface area contributed by atoms with E-state index in [2.05, 4.69) is 10.6 Å². The highest BCUT2D eigenvalue weighted by molar-refractivity contribution is 5.88. The first-order valence-electron chi connectivity index (χ1n) is 9.78. The summed E-state index contributed by atoms with van der Waals surface area (Å²) in [4.78, 5) is 23.3. The van der Waals surface area contributed by atoms with Gasteiger partial charge in [0.25, 0.3) is 0 Å². The van der Waals surface area contributed by atoms with Crippen molar-refractivity contribution in [1.29, 1.82) is 0 Å². The molecule has 1 amide bonds. The van der Waals surface area contributed by atoms with E-state index in [-0.39, 0.29) is 17.5 Å². The van der Waals surface area contributed by atoms with Crippen LogP contribution in [-0.4, -0.2) is 39.8 Å². The molecule has 3 N–H and O–H groups in total. The minimum atomic E-state index is -0.112. The molecule has 0 saturated heterocycles. The number of fused-ring (bicyclic) bond motifs is 1. The summed E-state index contributed by atoms with van der Waals surface area (Å²) in [7, 11) is 0. The molecule has 1 aliphatic rings. The predicted molar refractivity (Wildman–Crippen MR) is 107 cm³/mol. The normalized spacial score (nSPS) is 12.8. The highest BCUT2D eigenvalue weighted by atomic mass is 16.5. The summed E-state index contributed by atoms with van der Waals surface area (Å²) >= 11 is 0. The van der Waals surface area contributed by atoms with E-state index >= 15 is 0 Å². The van der Waals surface area contributed by atoms with Gasteiger partial charge < -0.3 is 20.5 Å². The van der Waals surface area contributed by atoms with Crippen molar-refractivity contribution >= 4 is 11.6 Å². The number of unbranched alkanes of at least 4 members (excludes halogenated alkanes) is 1. The summed E-state index contributed by atoms with van der Waals surface area (Å²) in [5.41, 5.74) is 1.41. The van der Waals surface area contributed by atoms with Crippen LogP contribution in [0, 0.1) is 0 Å². The van der Waals surface area contributed by atoms with Gasteiger partial charge in [0.2, 0.25) is 11.8 Å². The molecule has 2 aromatic rings. The van der Waals surface area contributed by atoms with Crippen LogP contribution in [0.1, 0.15) is 31.9 Å². The number of benzene rings is 1. The SMILES string of the molecule is CC(=O)Nc1cccc(OCCNCCCCn2c(O)c3n(c2=O)CCC3)c1. The number of nitrogens with zero attached hydrogens (tertiary/aromatic N) is 2. The quantitative estimate of drug-likeness (QED) is 0.539. The Labute approximate surface area is 164 Å². The second kappa shape index (κ2) is 9.45. The molecular weight excluding hydrogens is 360 g/mol. The molecule has 28 heavy (non-hydrogen) atoms. The Morgan fingerprint density at radius 3 is 2.93 bits per heavy atom. The fourth-order valence-corrected chi connectivity index (χ4v) is 3.46. The zero-order chi connectivity index (χ0) is 19.9. The molecule has 1 aliphatic heterocycles. The number of aromatic nitrogens is 2. The first kappa shape index (κ1) is 20.0. The highest BCUT2D eigenvalue weighted by Crippen LogP contribution is 2.23. The van der Waals surface area contributed by atoms with Gasteiger partial charge in [-0.3, -0.25) is 13.9 Å². The van der Waals surface area contributed by atoms with Gasteiger partial charge in [0.15, 0.2) is 0 Å². The molecule has 0 bridgehead atoms. The second-order valence-corrected chi connectivity index (χ2v) is 6.97. The van der Waals surface area contributed by atoms with Crippen LogP contribution in [0.4, 0.5) is 5.69 Å². The zero-order valence-electron chi connectivity index (χ0n) is 16.2. The summed E-state index contributed by atoms with van der Waals surface area (Å²) in [6.45, 7) is 4.77. The molecule has 2 heterocycles. The molecule has 1 aromatic heterocycles. The number of rotatable bonds is 10. The van der Waals surface area contributed by atoms with Crippen molar-refractivity contribution < 1.29 is 14.6 Å². The second-order valence-electron chi connectivity index (χ2n) is 6.97.